The molecule has 0 N–H and O–H groups in total. The minimum atomic E-state index is -1.48. The van der Waals surface area contributed by atoms with E-state index in [1.807, 2.05) is 60.7 Å². The molecule has 0 saturated heterocycles. The maximum absolute atomic E-state index is 13.4. The second-order valence-corrected chi connectivity index (χ2v) is 7.93. The number of hydrogen-bond donors (Lipinski definition) is 0. The molecule has 30 heavy (non-hydrogen) atoms. The lowest BCUT2D eigenvalue weighted by Gasteiger charge is -2.15. The van der Waals surface area contributed by atoms with Crippen LogP contribution in [0.3, 0.4) is 0 Å². The lowest BCUT2D eigenvalue weighted by atomic mass is 10.2. The molecule has 0 aliphatic heterocycles. The number of hydrogen-bond acceptors (Lipinski definition) is 6. The van der Waals surface area contributed by atoms with Gasteiger partial charge in [0.2, 0.25) is 11.8 Å². The van der Waals surface area contributed by atoms with Crippen LogP contribution >= 0.6 is 0 Å². The molecule has 0 radical (unpaired) electrons. The largest absolute Gasteiger partial charge is 0.493 e. The van der Waals surface area contributed by atoms with Crippen LogP contribution in [0.1, 0.15) is 11.5 Å². The van der Waals surface area contributed by atoms with Gasteiger partial charge in [-0.15, -0.1) is 10.2 Å². The Morgan fingerprint density at radius 3 is 2.27 bits per heavy atom. The number of rotatable bonds is 7. The molecular weight excluding hydrogens is 400 g/mol. The molecule has 1 aromatic heterocycles. The molecule has 0 fully saturated rings. The molecule has 4 rings (SSSR count). The van der Waals surface area contributed by atoms with Crippen LogP contribution < -0.4 is 9.47 Å². The van der Waals surface area contributed by atoms with E-state index in [4.69, 9.17) is 13.9 Å². The third-order valence-electron chi connectivity index (χ3n) is 4.42. The molecule has 1 heterocycles. The molecule has 1 atom stereocenters. The zero-order valence-corrected chi connectivity index (χ0v) is 17.4. The summed E-state index contributed by atoms with van der Waals surface area (Å²) >= 11 is 0. The van der Waals surface area contributed by atoms with Gasteiger partial charge in [-0.25, -0.2) is 4.21 Å². The third-order valence-corrected chi connectivity index (χ3v) is 5.85. The normalized spacial score (nSPS) is 11.8. The summed E-state index contributed by atoms with van der Waals surface area (Å²) in [6, 6.07) is 22.5. The highest BCUT2D eigenvalue weighted by Gasteiger charge is 2.22. The Hall–Kier alpha value is -3.45. The second-order valence-electron chi connectivity index (χ2n) is 6.48. The fourth-order valence-corrected chi connectivity index (χ4v) is 4.16. The van der Waals surface area contributed by atoms with E-state index >= 15 is 0 Å². The van der Waals surface area contributed by atoms with Crippen molar-refractivity contribution in [2.75, 3.05) is 7.11 Å². The first kappa shape index (κ1) is 19.8. The summed E-state index contributed by atoms with van der Waals surface area (Å²) in [7, 11) is 0.0754. The van der Waals surface area contributed by atoms with Gasteiger partial charge in [0.15, 0.2) is 11.5 Å². The number of methoxy groups -OCH3 is 1. The fourth-order valence-electron chi connectivity index (χ4n) is 2.95. The summed E-state index contributed by atoms with van der Waals surface area (Å²) in [5.41, 5.74) is 1.56. The minimum Gasteiger partial charge on any atom is -0.493 e. The molecule has 0 bridgehead atoms. The third kappa shape index (κ3) is 4.26. The Kier molecular flexibility index (Phi) is 5.90. The smallest absolute Gasteiger partial charge is 0.249 e. The van der Waals surface area contributed by atoms with Crippen molar-refractivity contribution in [3.8, 4) is 23.0 Å². The summed E-state index contributed by atoms with van der Waals surface area (Å²) in [5, 5.41) is 8.01. The van der Waals surface area contributed by atoms with Crippen LogP contribution in [0, 0.1) is 6.92 Å². The van der Waals surface area contributed by atoms with E-state index in [9.17, 15) is 4.21 Å². The Morgan fingerprint density at radius 1 is 0.933 bits per heavy atom. The number of aryl methyl sites for hydroxylation is 1. The Balaban J connectivity index is 1.78. The predicted octanol–water partition coefficient (Wildman–Crippen LogP) is 4.80. The molecule has 7 heteroatoms. The number of ether oxygens (including phenoxy) is 2. The van der Waals surface area contributed by atoms with Gasteiger partial charge < -0.3 is 13.9 Å². The van der Waals surface area contributed by atoms with E-state index in [-0.39, 0.29) is 5.89 Å². The molecule has 1 unspecified atom stereocenters. The van der Waals surface area contributed by atoms with Crippen LogP contribution in [-0.4, -0.2) is 21.5 Å². The highest BCUT2D eigenvalue weighted by molar-refractivity contribution is 7.85. The quantitative estimate of drug-likeness (QED) is 0.428. The van der Waals surface area contributed by atoms with E-state index in [0.29, 0.717) is 39.4 Å². The summed E-state index contributed by atoms with van der Waals surface area (Å²) in [5.74, 6) is 1.68. The van der Waals surface area contributed by atoms with Gasteiger partial charge in [0, 0.05) is 17.9 Å². The summed E-state index contributed by atoms with van der Waals surface area (Å²) in [6.45, 7) is 2.06. The van der Waals surface area contributed by atoms with Crippen molar-refractivity contribution in [3.05, 3.63) is 84.3 Å². The standard InChI is InChI=1S/C23H20N2O4S/c1-16-24-25-23(29-16)19-13-20(27-2)21(28-15-17-9-5-3-6-10-17)14-22(19)30(26)18-11-7-4-8-12-18/h3-14H,15H2,1-2H3. The molecular formula is C23H20N2O4S. The number of benzene rings is 3. The van der Waals surface area contributed by atoms with Crippen LogP contribution in [0.4, 0.5) is 0 Å². The zero-order valence-electron chi connectivity index (χ0n) is 16.6. The molecule has 6 nitrogen and oxygen atoms in total. The molecule has 0 amide bonds. The molecule has 3 aromatic carbocycles. The van der Waals surface area contributed by atoms with Gasteiger partial charge in [0.25, 0.3) is 0 Å². The number of aromatic nitrogens is 2. The van der Waals surface area contributed by atoms with Crippen molar-refractivity contribution in [1.29, 1.82) is 0 Å². The highest BCUT2D eigenvalue weighted by atomic mass is 32.2. The molecule has 4 aromatic rings. The van der Waals surface area contributed by atoms with Gasteiger partial charge >= 0.3 is 0 Å². The van der Waals surface area contributed by atoms with E-state index < -0.39 is 10.8 Å². The molecule has 152 valence electrons. The minimum absolute atomic E-state index is 0.277. The fraction of sp³-hybridized carbons (Fsp3) is 0.130. The lowest BCUT2D eigenvalue weighted by molar-refractivity contribution is 0.283. The van der Waals surface area contributed by atoms with Crippen molar-refractivity contribution < 1.29 is 18.1 Å². The second kappa shape index (κ2) is 8.92. The molecule has 0 aliphatic carbocycles. The van der Waals surface area contributed by atoms with Crippen molar-refractivity contribution >= 4 is 10.8 Å². The van der Waals surface area contributed by atoms with Gasteiger partial charge in [-0.2, -0.15) is 0 Å². The van der Waals surface area contributed by atoms with E-state index in [1.165, 1.54) is 0 Å². The van der Waals surface area contributed by atoms with Crippen LogP contribution in [0.5, 0.6) is 11.5 Å². The zero-order chi connectivity index (χ0) is 20.9. The Bertz CT molecular complexity index is 1160. The maximum Gasteiger partial charge on any atom is 0.249 e. The first-order chi connectivity index (χ1) is 14.7. The first-order valence-corrected chi connectivity index (χ1v) is 10.5. The van der Waals surface area contributed by atoms with Crippen LogP contribution in [0.15, 0.2) is 87.0 Å². The van der Waals surface area contributed by atoms with Crippen molar-refractivity contribution in [3.63, 3.8) is 0 Å². The van der Waals surface area contributed by atoms with Gasteiger partial charge in [0.1, 0.15) is 6.61 Å². The average Bonchev–Trinajstić information content (AvgIpc) is 3.24. The van der Waals surface area contributed by atoms with Gasteiger partial charge in [-0.1, -0.05) is 48.5 Å². The predicted molar refractivity (Wildman–Crippen MR) is 113 cm³/mol. The topological polar surface area (TPSA) is 74.5 Å². The summed E-state index contributed by atoms with van der Waals surface area (Å²) in [4.78, 5) is 1.17. The van der Waals surface area contributed by atoms with Crippen LogP contribution in [0.2, 0.25) is 0 Å². The van der Waals surface area contributed by atoms with E-state index in [1.54, 1.807) is 26.2 Å². The van der Waals surface area contributed by atoms with E-state index in [2.05, 4.69) is 10.2 Å². The van der Waals surface area contributed by atoms with Crippen molar-refractivity contribution in [2.45, 2.75) is 23.3 Å². The average molecular weight is 420 g/mol. The molecule has 0 aliphatic rings. The van der Waals surface area contributed by atoms with Gasteiger partial charge in [-0.05, 0) is 23.8 Å². The lowest BCUT2D eigenvalue weighted by Crippen LogP contribution is -2.02. The summed E-state index contributed by atoms with van der Waals surface area (Å²) < 4.78 is 30.6. The SMILES string of the molecule is COc1cc(-c2nnc(C)o2)c(S(=O)c2ccccc2)cc1OCc1ccccc1. The number of nitrogens with zero attached hydrogens (tertiary/aromatic N) is 2. The van der Waals surface area contributed by atoms with Crippen molar-refractivity contribution in [1.82, 2.24) is 10.2 Å². The van der Waals surface area contributed by atoms with Gasteiger partial charge in [-0.3, -0.25) is 0 Å². The van der Waals surface area contributed by atoms with E-state index in [0.717, 1.165) is 5.56 Å². The molecule has 0 spiro atoms. The van der Waals surface area contributed by atoms with Gasteiger partial charge in [0.05, 0.1) is 28.4 Å². The summed E-state index contributed by atoms with van der Waals surface area (Å²) in [6.07, 6.45) is 0. The maximum atomic E-state index is 13.4. The highest BCUT2D eigenvalue weighted by Crippen LogP contribution is 2.38. The first-order valence-electron chi connectivity index (χ1n) is 9.32. The Morgan fingerprint density at radius 2 is 1.63 bits per heavy atom. The Labute approximate surface area is 177 Å². The van der Waals surface area contributed by atoms with Crippen LogP contribution in [0.25, 0.3) is 11.5 Å². The monoisotopic (exact) mass is 420 g/mol. The van der Waals surface area contributed by atoms with Crippen LogP contribution in [-0.2, 0) is 17.4 Å². The van der Waals surface area contributed by atoms with Crippen molar-refractivity contribution in [2.24, 2.45) is 0 Å². The molecule has 0 saturated carbocycles.